The van der Waals surface area contributed by atoms with E-state index in [0.29, 0.717) is 13.1 Å². The van der Waals surface area contributed by atoms with Crippen molar-refractivity contribution in [2.24, 2.45) is 0 Å². The second-order valence-corrected chi connectivity index (χ2v) is 8.43. The van der Waals surface area contributed by atoms with E-state index < -0.39 is 14.9 Å². The summed E-state index contributed by atoms with van der Waals surface area (Å²) < 4.78 is 32.2. The number of sulfonamides is 1. The molecule has 10 heteroatoms. The van der Waals surface area contributed by atoms with E-state index in [4.69, 9.17) is 27.9 Å². The first-order valence-electron chi connectivity index (χ1n) is 7.70. The molecule has 2 aromatic carbocycles. The minimum absolute atomic E-state index is 0.00505. The molecule has 0 spiro atoms. The van der Waals surface area contributed by atoms with Gasteiger partial charge in [-0.1, -0.05) is 23.2 Å². The van der Waals surface area contributed by atoms with Crippen molar-refractivity contribution in [3.05, 3.63) is 56.6 Å². The molecule has 1 aliphatic heterocycles. The van der Waals surface area contributed by atoms with Crippen LogP contribution in [-0.2, 0) is 10.0 Å². The molecule has 26 heavy (non-hydrogen) atoms. The molecular formula is C16H14Cl2N2O5S. The summed E-state index contributed by atoms with van der Waals surface area (Å²) in [5.41, 5.74) is -0.0819. The first kappa shape index (κ1) is 18.9. The summed E-state index contributed by atoms with van der Waals surface area (Å²) in [7, 11) is -3.65. The zero-order chi connectivity index (χ0) is 18.9. The van der Waals surface area contributed by atoms with Gasteiger partial charge in [0.1, 0.15) is 5.75 Å². The van der Waals surface area contributed by atoms with E-state index in [1.54, 1.807) is 0 Å². The van der Waals surface area contributed by atoms with Gasteiger partial charge >= 0.3 is 0 Å². The monoisotopic (exact) mass is 416 g/mol. The van der Waals surface area contributed by atoms with Crippen molar-refractivity contribution in [2.75, 3.05) is 13.1 Å². The molecule has 3 rings (SSSR count). The molecule has 0 aromatic heterocycles. The number of hydrogen-bond donors (Lipinski definition) is 0. The summed E-state index contributed by atoms with van der Waals surface area (Å²) in [5, 5.41) is 10.8. The first-order valence-corrected chi connectivity index (χ1v) is 9.90. The summed E-state index contributed by atoms with van der Waals surface area (Å²) in [6, 6.07) is 7.95. The Morgan fingerprint density at radius 1 is 1.04 bits per heavy atom. The Morgan fingerprint density at radius 2 is 1.58 bits per heavy atom. The second kappa shape index (κ2) is 7.40. The molecule has 1 aliphatic rings. The Balaban J connectivity index is 1.89. The van der Waals surface area contributed by atoms with Gasteiger partial charge in [-0.05, 0) is 37.1 Å². The van der Waals surface area contributed by atoms with Crippen LogP contribution in [0.25, 0.3) is 0 Å². The Hall–Kier alpha value is -1.87. The minimum atomic E-state index is -3.65. The van der Waals surface area contributed by atoms with Crippen LogP contribution < -0.4 is 4.74 Å². The lowest BCUT2D eigenvalue weighted by atomic mass is 10.3. The Bertz CT molecular complexity index is 919. The molecule has 0 unspecified atom stereocenters. The number of nitro benzene ring substituents is 1. The van der Waals surface area contributed by atoms with Gasteiger partial charge in [-0.25, -0.2) is 8.42 Å². The highest BCUT2D eigenvalue weighted by molar-refractivity contribution is 7.89. The molecular weight excluding hydrogens is 403 g/mol. The molecule has 2 aromatic rings. The van der Waals surface area contributed by atoms with Gasteiger partial charge in [-0.15, -0.1) is 0 Å². The zero-order valence-electron chi connectivity index (χ0n) is 13.4. The minimum Gasteiger partial charge on any atom is -0.454 e. The molecule has 0 saturated carbocycles. The lowest BCUT2D eigenvalue weighted by Crippen LogP contribution is -2.27. The number of nitrogens with zero attached hydrogens (tertiary/aromatic N) is 2. The van der Waals surface area contributed by atoms with Crippen LogP contribution in [0.3, 0.4) is 0 Å². The Kier molecular flexibility index (Phi) is 5.38. The highest BCUT2D eigenvalue weighted by Crippen LogP contribution is 2.39. The van der Waals surface area contributed by atoms with E-state index in [9.17, 15) is 18.5 Å². The summed E-state index contributed by atoms with van der Waals surface area (Å²) >= 11 is 12.4. The van der Waals surface area contributed by atoms with Gasteiger partial charge in [0, 0.05) is 25.2 Å². The molecule has 138 valence electrons. The van der Waals surface area contributed by atoms with Gasteiger partial charge in [0.05, 0.1) is 19.9 Å². The van der Waals surface area contributed by atoms with Gasteiger partial charge in [0.15, 0.2) is 5.75 Å². The van der Waals surface area contributed by atoms with E-state index in [2.05, 4.69) is 0 Å². The van der Waals surface area contributed by atoms with Crippen LogP contribution in [-0.4, -0.2) is 30.7 Å². The Labute approximate surface area is 160 Å². The molecule has 0 aliphatic carbocycles. The van der Waals surface area contributed by atoms with Crippen LogP contribution in [0.2, 0.25) is 10.0 Å². The second-order valence-electron chi connectivity index (χ2n) is 5.68. The number of nitro groups is 1. The highest BCUT2D eigenvalue weighted by Gasteiger charge is 2.28. The molecule has 0 radical (unpaired) electrons. The fourth-order valence-corrected chi connectivity index (χ4v) is 4.88. The van der Waals surface area contributed by atoms with E-state index in [0.717, 1.165) is 12.8 Å². The predicted octanol–water partition coefficient (Wildman–Crippen LogP) is 4.48. The third kappa shape index (κ3) is 3.78. The van der Waals surface area contributed by atoms with E-state index >= 15 is 0 Å². The smallest absolute Gasteiger partial charge is 0.269 e. The molecule has 7 nitrogen and oxygen atoms in total. The average molecular weight is 417 g/mol. The van der Waals surface area contributed by atoms with Gasteiger partial charge in [-0.3, -0.25) is 10.1 Å². The maximum absolute atomic E-state index is 12.6. The lowest BCUT2D eigenvalue weighted by Gasteiger charge is -2.17. The van der Waals surface area contributed by atoms with Crippen LogP contribution in [0.4, 0.5) is 5.69 Å². The molecule has 0 amide bonds. The number of ether oxygens (including phenoxy) is 1. The summed E-state index contributed by atoms with van der Waals surface area (Å²) in [4.78, 5) is 10.2. The first-order chi connectivity index (χ1) is 12.3. The van der Waals surface area contributed by atoms with Crippen molar-refractivity contribution in [3.63, 3.8) is 0 Å². The molecule has 1 saturated heterocycles. The normalized spacial score (nSPS) is 15.2. The quantitative estimate of drug-likeness (QED) is 0.529. The highest BCUT2D eigenvalue weighted by atomic mass is 35.5. The van der Waals surface area contributed by atoms with E-state index in [1.165, 1.54) is 40.7 Å². The van der Waals surface area contributed by atoms with Crippen LogP contribution in [0.5, 0.6) is 11.5 Å². The topological polar surface area (TPSA) is 89.7 Å². The van der Waals surface area contributed by atoms with Gasteiger partial charge in [0.25, 0.3) is 5.69 Å². The predicted molar refractivity (Wildman–Crippen MR) is 97.6 cm³/mol. The Morgan fingerprint density at radius 3 is 2.08 bits per heavy atom. The molecule has 0 N–H and O–H groups in total. The maximum atomic E-state index is 12.6. The third-order valence-corrected chi connectivity index (χ3v) is 6.38. The maximum Gasteiger partial charge on any atom is 0.269 e. The summed E-state index contributed by atoms with van der Waals surface area (Å²) in [6.45, 7) is 0.942. The lowest BCUT2D eigenvalue weighted by molar-refractivity contribution is -0.384. The largest absolute Gasteiger partial charge is 0.454 e. The number of rotatable bonds is 5. The fraction of sp³-hybridized carbons (Fsp3) is 0.250. The summed E-state index contributed by atoms with van der Waals surface area (Å²) in [6.07, 6.45) is 1.64. The molecule has 0 atom stereocenters. The van der Waals surface area contributed by atoms with Crippen LogP contribution in [0.1, 0.15) is 12.8 Å². The SMILES string of the molecule is O=[N+]([O-])c1ccc(Oc2c(Cl)cc(S(=O)(=O)N3CCCC3)cc2Cl)cc1. The zero-order valence-corrected chi connectivity index (χ0v) is 15.7. The van der Waals surface area contributed by atoms with Crippen molar-refractivity contribution >= 4 is 38.9 Å². The van der Waals surface area contributed by atoms with E-state index in [-0.39, 0.29) is 32.1 Å². The van der Waals surface area contributed by atoms with Crippen LogP contribution >= 0.6 is 23.2 Å². The molecule has 1 heterocycles. The van der Waals surface area contributed by atoms with Gasteiger partial charge in [0.2, 0.25) is 10.0 Å². The van der Waals surface area contributed by atoms with Crippen molar-refractivity contribution in [1.82, 2.24) is 4.31 Å². The van der Waals surface area contributed by atoms with Crippen molar-refractivity contribution < 1.29 is 18.1 Å². The van der Waals surface area contributed by atoms with Gasteiger partial charge in [-0.2, -0.15) is 4.31 Å². The van der Waals surface area contributed by atoms with Crippen LogP contribution in [0.15, 0.2) is 41.3 Å². The van der Waals surface area contributed by atoms with Crippen molar-refractivity contribution in [1.29, 1.82) is 0 Å². The number of halogens is 2. The average Bonchev–Trinajstić information content (AvgIpc) is 3.13. The standard InChI is InChI=1S/C16H14Cl2N2O5S/c17-14-9-13(26(23,24)19-7-1-2-8-19)10-15(18)16(14)25-12-5-3-11(4-6-12)20(21)22/h3-6,9-10H,1-2,7-8H2. The van der Waals surface area contributed by atoms with E-state index in [1.807, 2.05) is 0 Å². The number of non-ortho nitro benzene ring substituents is 1. The molecule has 0 bridgehead atoms. The number of benzene rings is 2. The summed E-state index contributed by atoms with van der Waals surface area (Å²) in [5.74, 6) is 0.372. The third-order valence-electron chi connectivity index (χ3n) is 3.94. The van der Waals surface area contributed by atoms with Crippen molar-refractivity contribution in [3.8, 4) is 11.5 Å². The fourth-order valence-electron chi connectivity index (χ4n) is 2.61. The number of hydrogen-bond acceptors (Lipinski definition) is 5. The van der Waals surface area contributed by atoms with Crippen molar-refractivity contribution in [2.45, 2.75) is 17.7 Å². The molecule has 1 fully saturated rings. The van der Waals surface area contributed by atoms with Crippen LogP contribution in [0, 0.1) is 10.1 Å². The van der Waals surface area contributed by atoms with Gasteiger partial charge < -0.3 is 4.74 Å².